The average molecular weight is 320 g/mol. The van der Waals surface area contributed by atoms with Gasteiger partial charge in [-0.1, -0.05) is 54.9 Å². The number of hydrogen-bond donors (Lipinski definition) is 2. The van der Waals surface area contributed by atoms with Crippen molar-refractivity contribution < 1.29 is 9.84 Å². The molecule has 3 nitrogen and oxygen atoms in total. The Hall–Kier alpha value is -1.55. The van der Waals surface area contributed by atoms with Crippen LogP contribution in [-0.2, 0) is 6.42 Å². The summed E-state index contributed by atoms with van der Waals surface area (Å²) in [6, 6.07) is 14.7. The van der Waals surface area contributed by atoms with Gasteiger partial charge in [0.15, 0.2) is 0 Å². The van der Waals surface area contributed by atoms with Crippen LogP contribution in [0.2, 0.25) is 5.02 Å². The molecule has 0 aromatic heterocycles. The van der Waals surface area contributed by atoms with Crippen molar-refractivity contribution in [2.24, 2.45) is 11.7 Å². The maximum atomic E-state index is 10.5. The van der Waals surface area contributed by atoms with Gasteiger partial charge in [0, 0.05) is 16.6 Å². The van der Waals surface area contributed by atoms with E-state index in [1.165, 1.54) is 0 Å². The second-order valence-corrected chi connectivity index (χ2v) is 5.94. The summed E-state index contributed by atoms with van der Waals surface area (Å²) in [7, 11) is 1.65. The van der Waals surface area contributed by atoms with Gasteiger partial charge < -0.3 is 15.6 Å². The SMILES string of the molecule is COc1ccccc1CC(C)C(N)C(O)c1ccccc1Cl. The minimum Gasteiger partial charge on any atom is -0.496 e. The Labute approximate surface area is 136 Å². The molecule has 3 N–H and O–H groups in total. The van der Waals surface area contributed by atoms with Crippen molar-refractivity contribution in [2.75, 3.05) is 7.11 Å². The van der Waals surface area contributed by atoms with E-state index in [2.05, 4.69) is 0 Å². The number of ether oxygens (including phenoxy) is 1. The predicted octanol–water partition coefficient (Wildman–Crippen LogP) is 3.59. The summed E-state index contributed by atoms with van der Waals surface area (Å²) in [5.74, 6) is 0.913. The van der Waals surface area contributed by atoms with Gasteiger partial charge in [0.1, 0.15) is 5.75 Å². The number of aliphatic hydroxyl groups excluding tert-OH is 1. The summed E-state index contributed by atoms with van der Waals surface area (Å²) in [4.78, 5) is 0. The quantitative estimate of drug-likeness (QED) is 0.855. The van der Waals surface area contributed by atoms with Crippen LogP contribution < -0.4 is 10.5 Å². The van der Waals surface area contributed by atoms with Gasteiger partial charge >= 0.3 is 0 Å². The van der Waals surface area contributed by atoms with E-state index in [0.717, 1.165) is 17.7 Å². The summed E-state index contributed by atoms with van der Waals surface area (Å²) < 4.78 is 5.37. The van der Waals surface area contributed by atoms with Crippen LogP contribution in [0.4, 0.5) is 0 Å². The van der Waals surface area contributed by atoms with Crippen molar-refractivity contribution in [3.63, 3.8) is 0 Å². The van der Waals surface area contributed by atoms with Crippen molar-refractivity contribution in [3.8, 4) is 5.75 Å². The van der Waals surface area contributed by atoms with Crippen LogP contribution in [0.15, 0.2) is 48.5 Å². The molecule has 0 heterocycles. The predicted molar refractivity (Wildman–Crippen MR) is 90.2 cm³/mol. The lowest BCUT2D eigenvalue weighted by Gasteiger charge is -2.26. The van der Waals surface area contributed by atoms with Gasteiger partial charge in [-0.25, -0.2) is 0 Å². The monoisotopic (exact) mass is 319 g/mol. The molecule has 0 fully saturated rings. The van der Waals surface area contributed by atoms with E-state index in [1.807, 2.05) is 49.4 Å². The van der Waals surface area contributed by atoms with Crippen molar-refractivity contribution >= 4 is 11.6 Å². The van der Waals surface area contributed by atoms with Crippen molar-refractivity contribution in [2.45, 2.75) is 25.5 Å². The van der Waals surface area contributed by atoms with E-state index in [0.29, 0.717) is 10.6 Å². The van der Waals surface area contributed by atoms with Crippen LogP contribution in [0.1, 0.15) is 24.2 Å². The third-order valence-electron chi connectivity index (χ3n) is 3.98. The lowest BCUT2D eigenvalue weighted by Crippen LogP contribution is -2.36. The first-order chi connectivity index (χ1) is 10.5. The molecule has 0 aliphatic heterocycles. The van der Waals surface area contributed by atoms with Gasteiger partial charge in [0.25, 0.3) is 0 Å². The number of hydrogen-bond acceptors (Lipinski definition) is 3. The van der Waals surface area contributed by atoms with Crippen LogP contribution in [0.25, 0.3) is 0 Å². The molecule has 0 aliphatic carbocycles. The Morgan fingerprint density at radius 2 is 1.77 bits per heavy atom. The molecule has 0 spiro atoms. The molecule has 4 heteroatoms. The highest BCUT2D eigenvalue weighted by atomic mass is 35.5. The molecular weight excluding hydrogens is 298 g/mol. The van der Waals surface area contributed by atoms with Crippen LogP contribution in [0, 0.1) is 5.92 Å². The maximum Gasteiger partial charge on any atom is 0.122 e. The van der Waals surface area contributed by atoms with E-state index in [4.69, 9.17) is 22.1 Å². The number of benzene rings is 2. The normalized spacial score (nSPS) is 15.1. The summed E-state index contributed by atoms with van der Waals surface area (Å²) in [5, 5.41) is 11.0. The Bertz CT molecular complexity index is 618. The molecule has 3 unspecified atom stereocenters. The Balaban J connectivity index is 2.12. The molecule has 0 radical (unpaired) electrons. The molecule has 2 aromatic rings. The zero-order valence-electron chi connectivity index (χ0n) is 12.9. The molecule has 0 saturated heterocycles. The van der Waals surface area contributed by atoms with Crippen molar-refractivity contribution in [3.05, 3.63) is 64.7 Å². The highest BCUT2D eigenvalue weighted by molar-refractivity contribution is 6.31. The Morgan fingerprint density at radius 1 is 1.14 bits per heavy atom. The van der Waals surface area contributed by atoms with E-state index < -0.39 is 12.1 Å². The van der Waals surface area contributed by atoms with Crippen LogP contribution >= 0.6 is 11.6 Å². The lowest BCUT2D eigenvalue weighted by molar-refractivity contribution is 0.121. The molecule has 22 heavy (non-hydrogen) atoms. The molecule has 2 rings (SSSR count). The van der Waals surface area contributed by atoms with Crippen molar-refractivity contribution in [1.82, 2.24) is 0 Å². The van der Waals surface area contributed by atoms with Gasteiger partial charge in [-0.3, -0.25) is 0 Å². The first kappa shape index (κ1) is 16.8. The highest BCUT2D eigenvalue weighted by Crippen LogP contribution is 2.29. The molecule has 0 aliphatic rings. The molecule has 118 valence electrons. The molecule has 0 saturated carbocycles. The molecular formula is C18H22ClNO2. The fourth-order valence-corrected chi connectivity index (χ4v) is 2.84. The Kier molecular flexibility index (Phi) is 5.83. The summed E-state index contributed by atoms with van der Waals surface area (Å²) in [6.45, 7) is 2.02. The largest absolute Gasteiger partial charge is 0.496 e. The van der Waals surface area contributed by atoms with Gasteiger partial charge in [-0.15, -0.1) is 0 Å². The maximum absolute atomic E-state index is 10.5. The van der Waals surface area contributed by atoms with Gasteiger partial charge in [0.05, 0.1) is 13.2 Å². The fourth-order valence-electron chi connectivity index (χ4n) is 2.59. The first-order valence-corrected chi connectivity index (χ1v) is 7.72. The van der Waals surface area contributed by atoms with E-state index in [-0.39, 0.29) is 5.92 Å². The Morgan fingerprint density at radius 3 is 2.45 bits per heavy atom. The number of nitrogens with two attached hydrogens (primary N) is 1. The minimum atomic E-state index is -0.793. The third-order valence-corrected chi connectivity index (χ3v) is 4.32. The van der Waals surface area contributed by atoms with E-state index in [9.17, 15) is 5.11 Å². The van der Waals surface area contributed by atoms with E-state index >= 15 is 0 Å². The van der Waals surface area contributed by atoms with Crippen LogP contribution in [0.5, 0.6) is 5.75 Å². The number of rotatable bonds is 6. The second-order valence-electron chi connectivity index (χ2n) is 5.54. The fraction of sp³-hybridized carbons (Fsp3) is 0.333. The van der Waals surface area contributed by atoms with Crippen LogP contribution in [-0.4, -0.2) is 18.3 Å². The van der Waals surface area contributed by atoms with Gasteiger partial charge in [-0.05, 0) is 30.0 Å². The smallest absolute Gasteiger partial charge is 0.122 e. The average Bonchev–Trinajstić information content (AvgIpc) is 2.54. The molecule has 2 aromatic carbocycles. The molecule has 3 atom stereocenters. The van der Waals surface area contributed by atoms with Gasteiger partial charge in [0.2, 0.25) is 0 Å². The lowest BCUT2D eigenvalue weighted by atomic mass is 9.88. The summed E-state index contributed by atoms with van der Waals surface area (Å²) in [6.07, 6.45) is -0.0643. The zero-order chi connectivity index (χ0) is 16.1. The van der Waals surface area contributed by atoms with Gasteiger partial charge in [-0.2, -0.15) is 0 Å². The topological polar surface area (TPSA) is 55.5 Å². The first-order valence-electron chi connectivity index (χ1n) is 7.34. The van der Waals surface area contributed by atoms with E-state index in [1.54, 1.807) is 13.2 Å². The number of methoxy groups -OCH3 is 1. The summed E-state index contributed by atoms with van der Waals surface area (Å²) in [5.41, 5.74) is 8.00. The number of para-hydroxylation sites is 1. The molecule has 0 amide bonds. The zero-order valence-corrected chi connectivity index (χ0v) is 13.6. The number of halogens is 1. The second kappa shape index (κ2) is 7.63. The van der Waals surface area contributed by atoms with Crippen molar-refractivity contribution in [1.29, 1.82) is 0 Å². The highest BCUT2D eigenvalue weighted by Gasteiger charge is 2.25. The number of aliphatic hydroxyl groups is 1. The van der Waals surface area contributed by atoms with Crippen LogP contribution in [0.3, 0.4) is 0 Å². The molecule has 0 bridgehead atoms. The third kappa shape index (κ3) is 3.80. The summed E-state index contributed by atoms with van der Waals surface area (Å²) >= 11 is 6.14. The minimum absolute atomic E-state index is 0.0718. The standard InChI is InChI=1S/C18H22ClNO2/c1-12(11-13-7-3-6-10-16(13)22-2)17(20)18(21)14-8-4-5-9-15(14)19/h3-10,12,17-18,21H,11,20H2,1-2H3.